The maximum absolute atomic E-state index is 5.27. The highest BCUT2D eigenvalue weighted by Gasteiger charge is 2.11. The zero-order valence-corrected chi connectivity index (χ0v) is 14.6. The molecule has 0 bridgehead atoms. The largest absolute Gasteiger partial charge is 0.493 e. The first-order valence-corrected chi connectivity index (χ1v) is 8.00. The second kappa shape index (κ2) is 7.71. The summed E-state index contributed by atoms with van der Waals surface area (Å²) >= 11 is 5.26. The van der Waals surface area contributed by atoms with Crippen LogP contribution in [0.1, 0.15) is 11.5 Å². The van der Waals surface area contributed by atoms with E-state index in [2.05, 4.69) is 25.8 Å². The van der Waals surface area contributed by atoms with Crippen molar-refractivity contribution in [2.45, 2.75) is 13.5 Å². The molecule has 1 aromatic carbocycles. The van der Waals surface area contributed by atoms with E-state index in [0.29, 0.717) is 34.9 Å². The number of aromatic nitrogens is 3. The number of nitrogens with one attached hydrogen (secondary N) is 2. The Hall–Kier alpha value is -3.00. The average molecular weight is 355 g/mol. The van der Waals surface area contributed by atoms with Gasteiger partial charge in [-0.15, -0.1) is 0 Å². The molecule has 0 atom stereocenters. The SMILES string of the molecule is COc1cccnc1NC(=S)NCc1nc(-c2ccccc2C)no1. The molecule has 2 aromatic heterocycles. The molecule has 0 saturated carbocycles. The molecule has 0 amide bonds. The molecule has 7 nitrogen and oxygen atoms in total. The van der Waals surface area contributed by atoms with Gasteiger partial charge < -0.3 is 19.9 Å². The monoisotopic (exact) mass is 355 g/mol. The lowest BCUT2D eigenvalue weighted by molar-refractivity contribution is 0.376. The summed E-state index contributed by atoms with van der Waals surface area (Å²) in [6, 6.07) is 11.4. The summed E-state index contributed by atoms with van der Waals surface area (Å²) < 4.78 is 10.5. The van der Waals surface area contributed by atoms with Gasteiger partial charge in [-0.1, -0.05) is 29.4 Å². The number of benzene rings is 1. The minimum atomic E-state index is 0.305. The Kier molecular flexibility index (Phi) is 5.20. The molecular formula is C17H17N5O2S. The fraction of sp³-hybridized carbons (Fsp3) is 0.176. The van der Waals surface area contributed by atoms with E-state index in [-0.39, 0.29) is 0 Å². The predicted molar refractivity (Wildman–Crippen MR) is 98.3 cm³/mol. The highest BCUT2D eigenvalue weighted by Crippen LogP contribution is 2.20. The Morgan fingerprint density at radius 3 is 2.88 bits per heavy atom. The van der Waals surface area contributed by atoms with Crippen molar-refractivity contribution in [2.24, 2.45) is 0 Å². The minimum Gasteiger partial charge on any atom is -0.493 e. The van der Waals surface area contributed by atoms with E-state index >= 15 is 0 Å². The van der Waals surface area contributed by atoms with Gasteiger partial charge >= 0.3 is 0 Å². The summed E-state index contributed by atoms with van der Waals surface area (Å²) in [5.41, 5.74) is 2.03. The van der Waals surface area contributed by atoms with Crippen molar-refractivity contribution in [1.29, 1.82) is 0 Å². The van der Waals surface area contributed by atoms with Crippen LogP contribution in [0, 0.1) is 6.92 Å². The molecule has 0 spiro atoms. The van der Waals surface area contributed by atoms with E-state index < -0.39 is 0 Å². The summed E-state index contributed by atoms with van der Waals surface area (Å²) in [4.78, 5) is 8.57. The Morgan fingerprint density at radius 2 is 2.08 bits per heavy atom. The van der Waals surface area contributed by atoms with E-state index in [1.165, 1.54) is 0 Å². The zero-order chi connectivity index (χ0) is 17.6. The minimum absolute atomic E-state index is 0.305. The van der Waals surface area contributed by atoms with Crippen LogP contribution in [0.25, 0.3) is 11.4 Å². The van der Waals surface area contributed by atoms with Crippen molar-refractivity contribution >= 4 is 23.1 Å². The fourth-order valence-electron chi connectivity index (χ4n) is 2.22. The van der Waals surface area contributed by atoms with Gasteiger partial charge in [0.25, 0.3) is 0 Å². The molecular weight excluding hydrogens is 338 g/mol. The van der Waals surface area contributed by atoms with E-state index in [0.717, 1.165) is 11.1 Å². The standard InChI is InChI=1S/C17H17N5O2S/c1-11-6-3-4-7-12(11)15-20-14(24-22-15)10-19-17(25)21-16-13(23-2)8-5-9-18-16/h3-9H,10H2,1-2H3,(H2,18,19,21,25). The Balaban J connectivity index is 1.61. The molecule has 0 aliphatic carbocycles. The number of hydrogen-bond acceptors (Lipinski definition) is 6. The Labute approximate surface area is 150 Å². The Bertz CT molecular complexity index is 881. The normalized spacial score (nSPS) is 10.3. The molecule has 8 heteroatoms. The molecule has 0 fully saturated rings. The van der Waals surface area contributed by atoms with Crippen LogP contribution in [0.3, 0.4) is 0 Å². The molecule has 2 N–H and O–H groups in total. The molecule has 0 saturated heterocycles. The lowest BCUT2D eigenvalue weighted by atomic mass is 10.1. The average Bonchev–Trinajstić information content (AvgIpc) is 3.09. The highest BCUT2D eigenvalue weighted by molar-refractivity contribution is 7.80. The van der Waals surface area contributed by atoms with Crippen molar-refractivity contribution in [2.75, 3.05) is 12.4 Å². The topological polar surface area (TPSA) is 85.1 Å². The molecule has 0 unspecified atom stereocenters. The van der Waals surface area contributed by atoms with Crippen molar-refractivity contribution < 1.29 is 9.26 Å². The molecule has 0 aliphatic heterocycles. The number of ether oxygens (including phenoxy) is 1. The molecule has 2 heterocycles. The van der Waals surface area contributed by atoms with Gasteiger partial charge in [0.2, 0.25) is 11.7 Å². The second-order valence-corrected chi connectivity index (χ2v) is 5.60. The number of rotatable bonds is 5. The van der Waals surface area contributed by atoms with Crippen LogP contribution >= 0.6 is 12.2 Å². The highest BCUT2D eigenvalue weighted by atomic mass is 32.1. The van der Waals surface area contributed by atoms with Gasteiger partial charge in [-0.3, -0.25) is 0 Å². The number of hydrogen-bond donors (Lipinski definition) is 2. The van der Waals surface area contributed by atoms with Gasteiger partial charge in [0.05, 0.1) is 13.7 Å². The van der Waals surface area contributed by atoms with Crippen LogP contribution in [0.2, 0.25) is 0 Å². The van der Waals surface area contributed by atoms with Crippen molar-refractivity contribution in [3.63, 3.8) is 0 Å². The van der Waals surface area contributed by atoms with Gasteiger partial charge in [-0.05, 0) is 36.8 Å². The fourth-order valence-corrected chi connectivity index (χ4v) is 2.39. The molecule has 3 rings (SSSR count). The van der Waals surface area contributed by atoms with Crippen molar-refractivity contribution in [1.82, 2.24) is 20.4 Å². The van der Waals surface area contributed by atoms with Gasteiger partial charge in [0, 0.05) is 11.8 Å². The lowest BCUT2D eigenvalue weighted by Crippen LogP contribution is -2.28. The molecule has 25 heavy (non-hydrogen) atoms. The number of thiocarbonyl (C=S) groups is 1. The summed E-state index contributed by atoms with van der Waals surface area (Å²) in [5.74, 6) is 2.13. The van der Waals surface area contributed by atoms with Crippen LogP contribution in [0.4, 0.5) is 5.82 Å². The van der Waals surface area contributed by atoms with Gasteiger partial charge in [-0.25, -0.2) is 4.98 Å². The summed E-state index contributed by atoms with van der Waals surface area (Å²) in [6.07, 6.45) is 1.65. The first-order chi connectivity index (χ1) is 12.2. The maximum Gasteiger partial charge on any atom is 0.246 e. The van der Waals surface area contributed by atoms with E-state index in [9.17, 15) is 0 Å². The smallest absolute Gasteiger partial charge is 0.246 e. The molecule has 128 valence electrons. The first kappa shape index (κ1) is 16.8. The van der Waals surface area contributed by atoms with Gasteiger partial charge in [-0.2, -0.15) is 4.98 Å². The molecule has 3 aromatic rings. The third-order valence-electron chi connectivity index (χ3n) is 3.48. The van der Waals surface area contributed by atoms with E-state index in [1.54, 1.807) is 25.4 Å². The summed E-state index contributed by atoms with van der Waals surface area (Å²) in [5, 5.41) is 10.4. The zero-order valence-electron chi connectivity index (χ0n) is 13.8. The lowest BCUT2D eigenvalue weighted by Gasteiger charge is -2.10. The van der Waals surface area contributed by atoms with Crippen molar-refractivity contribution in [3.8, 4) is 17.1 Å². The van der Waals surface area contributed by atoms with Crippen LogP contribution in [-0.2, 0) is 6.54 Å². The third kappa shape index (κ3) is 4.10. The third-order valence-corrected chi connectivity index (χ3v) is 3.72. The van der Waals surface area contributed by atoms with Crippen LogP contribution in [-0.4, -0.2) is 27.3 Å². The predicted octanol–water partition coefficient (Wildman–Crippen LogP) is 2.94. The second-order valence-electron chi connectivity index (χ2n) is 5.19. The molecule has 0 radical (unpaired) electrons. The molecule has 0 aliphatic rings. The first-order valence-electron chi connectivity index (χ1n) is 7.60. The number of pyridine rings is 1. The van der Waals surface area contributed by atoms with Crippen LogP contribution < -0.4 is 15.4 Å². The van der Waals surface area contributed by atoms with Gasteiger partial charge in [0.15, 0.2) is 16.7 Å². The van der Waals surface area contributed by atoms with Gasteiger partial charge in [0.1, 0.15) is 0 Å². The summed E-state index contributed by atoms with van der Waals surface area (Å²) in [7, 11) is 1.57. The summed E-state index contributed by atoms with van der Waals surface area (Å²) in [6.45, 7) is 2.31. The quantitative estimate of drug-likeness (QED) is 0.676. The number of aryl methyl sites for hydroxylation is 1. The van der Waals surface area contributed by atoms with Crippen molar-refractivity contribution in [3.05, 3.63) is 54.0 Å². The van der Waals surface area contributed by atoms with E-state index in [4.69, 9.17) is 21.5 Å². The Morgan fingerprint density at radius 1 is 1.24 bits per heavy atom. The maximum atomic E-state index is 5.27. The van der Waals surface area contributed by atoms with Crippen LogP contribution in [0.15, 0.2) is 47.1 Å². The van der Waals surface area contributed by atoms with Crippen LogP contribution in [0.5, 0.6) is 5.75 Å². The van der Waals surface area contributed by atoms with E-state index in [1.807, 2.05) is 31.2 Å². The number of nitrogens with zero attached hydrogens (tertiary/aromatic N) is 3. The number of anilines is 1. The number of methoxy groups -OCH3 is 1.